The topological polar surface area (TPSA) is 137 Å². The van der Waals surface area contributed by atoms with Gasteiger partial charge in [0.1, 0.15) is 17.1 Å². The minimum absolute atomic E-state index is 0.229. The number of aromatic amines is 1. The van der Waals surface area contributed by atoms with E-state index < -0.39 is 10.2 Å². The molecule has 21 heavy (non-hydrogen) atoms. The molecule has 9 heteroatoms. The maximum absolute atomic E-state index is 12.8. The molecular weight excluding hydrogens is 309 g/mol. The molecule has 2 aromatic rings. The van der Waals surface area contributed by atoms with E-state index in [-0.39, 0.29) is 11.4 Å². The molecule has 0 aliphatic carbocycles. The van der Waals surface area contributed by atoms with Gasteiger partial charge in [-0.3, -0.25) is 0 Å². The Hall–Kier alpha value is -1.84. The van der Waals surface area contributed by atoms with Gasteiger partial charge in [-0.25, -0.2) is 27.8 Å². The van der Waals surface area contributed by atoms with Crippen LogP contribution in [0.15, 0.2) is 33.5 Å². The van der Waals surface area contributed by atoms with E-state index in [1.54, 1.807) is 26.0 Å². The van der Waals surface area contributed by atoms with Crippen LogP contribution >= 0.6 is 0 Å². The molecule has 0 radical (unpaired) electrons. The second kappa shape index (κ2) is 6.74. The first-order valence-electron chi connectivity index (χ1n) is 5.49. The first-order valence-corrected chi connectivity index (χ1v) is 6.72. The highest BCUT2D eigenvalue weighted by Crippen LogP contribution is 2.18. The summed E-state index contributed by atoms with van der Waals surface area (Å²) in [6.45, 7) is 3.38. The minimum atomic E-state index is -4.94. The molecule has 7 nitrogen and oxygen atoms in total. The van der Waals surface area contributed by atoms with Gasteiger partial charge in [0, 0.05) is 0 Å². The van der Waals surface area contributed by atoms with Crippen molar-refractivity contribution in [2.75, 3.05) is 0 Å². The summed E-state index contributed by atoms with van der Waals surface area (Å²) < 4.78 is 52.1. The zero-order valence-electron chi connectivity index (χ0n) is 11.0. The van der Waals surface area contributed by atoms with E-state index >= 15 is 0 Å². The van der Waals surface area contributed by atoms with Crippen LogP contribution in [0.25, 0.3) is 11.1 Å². The lowest BCUT2D eigenvalue weighted by Crippen LogP contribution is -2.68. The van der Waals surface area contributed by atoms with Crippen molar-refractivity contribution in [1.82, 2.24) is 0 Å². The van der Waals surface area contributed by atoms with Crippen LogP contribution < -0.4 is 29.2 Å². The SMILES string of the molecule is Cc1[nH+]c(=O)c(-c2ccc(F)cc2)c(C)o1.[O-][Cl+3]([O-])([O-])[O-]. The molecule has 0 spiro atoms. The summed E-state index contributed by atoms with van der Waals surface area (Å²) in [5, 5.41) is 0. The van der Waals surface area contributed by atoms with Gasteiger partial charge >= 0.3 is 11.4 Å². The maximum Gasteiger partial charge on any atom is 0.424 e. The quantitative estimate of drug-likeness (QED) is 0.553. The summed E-state index contributed by atoms with van der Waals surface area (Å²) in [6, 6.07) is 5.73. The van der Waals surface area contributed by atoms with Crippen LogP contribution in [0.1, 0.15) is 11.7 Å². The molecule has 1 heterocycles. The normalized spacial score (nSPS) is 10.8. The van der Waals surface area contributed by atoms with Crippen LogP contribution in [0, 0.1) is 29.9 Å². The highest BCUT2D eigenvalue weighted by molar-refractivity contribution is 5.63. The maximum atomic E-state index is 12.8. The fraction of sp³-hybridized carbons (Fsp3) is 0.167. The van der Waals surface area contributed by atoms with E-state index in [0.717, 1.165) is 0 Å². The molecule has 1 N–H and O–H groups in total. The van der Waals surface area contributed by atoms with Crippen LogP contribution in [-0.4, -0.2) is 0 Å². The number of halogens is 2. The lowest BCUT2D eigenvalue weighted by atomic mass is 10.1. The predicted octanol–water partition coefficient (Wildman–Crippen LogP) is -2.88. The Labute approximate surface area is 120 Å². The van der Waals surface area contributed by atoms with E-state index in [9.17, 15) is 9.18 Å². The van der Waals surface area contributed by atoms with Gasteiger partial charge in [0.25, 0.3) is 0 Å². The van der Waals surface area contributed by atoms with Gasteiger partial charge < -0.3 is 4.42 Å². The Morgan fingerprint density at radius 1 is 1.10 bits per heavy atom. The van der Waals surface area contributed by atoms with Crippen LogP contribution in [0.3, 0.4) is 0 Å². The number of nitrogens with one attached hydrogen (secondary N) is 1. The molecule has 0 saturated carbocycles. The predicted molar refractivity (Wildman–Crippen MR) is 56.4 cm³/mol. The molecule has 0 unspecified atom stereocenters. The van der Waals surface area contributed by atoms with Gasteiger partial charge in [0.05, 0.1) is 6.92 Å². The van der Waals surface area contributed by atoms with E-state index in [1.165, 1.54) is 12.1 Å². The van der Waals surface area contributed by atoms with E-state index in [4.69, 9.17) is 23.1 Å². The van der Waals surface area contributed by atoms with E-state index in [0.29, 0.717) is 22.8 Å². The zero-order valence-corrected chi connectivity index (χ0v) is 11.8. The monoisotopic (exact) mass is 319 g/mol. The Morgan fingerprint density at radius 3 is 2.00 bits per heavy atom. The summed E-state index contributed by atoms with van der Waals surface area (Å²) in [4.78, 5) is 14.3. The summed E-state index contributed by atoms with van der Waals surface area (Å²) in [7, 11) is -4.94. The number of aryl methyl sites for hydroxylation is 2. The second-order valence-electron chi connectivity index (χ2n) is 3.93. The number of aromatic nitrogens is 1. The zero-order chi connectivity index (χ0) is 16.2. The number of benzene rings is 1. The average Bonchev–Trinajstić information content (AvgIpc) is 2.28. The van der Waals surface area contributed by atoms with Gasteiger partial charge in [-0.05, 0) is 24.6 Å². The minimum Gasteiger partial charge on any atom is -0.412 e. The first-order chi connectivity index (χ1) is 9.58. The van der Waals surface area contributed by atoms with Gasteiger partial charge in [-0.1, -0.05) is 12.1 Å². The van der Waals surface area contributed by atoms with Gasteiger partial charge in [-0.2, -0.15) is 0 Å². The number of rotatable bonds is 1. The van der Waals surface area contributed by atoms with Crippen LogP contribution in [0.4, 0.5) is 4.39 Å². The van der Waals surface area contributed by atoms with Crippen LogP contribution in [0.5, 0.6) is 0 Å². The van der Waals surface area contributed by atoms with Crippen LogP contribution in [-0.2, 0) is 0 Å². The third-order valence-electron chi connectivity index (χ3n) is 2.31. The Morgan fingerprint density at radius 2 is 1.57 bits per heavy atom. The molecular formula is C12H11ClFNO6. The van der Waals surface area contributed by atoms with Gasteiger partial charge in [0.15, 0.2) is 0 Å². The lowest BCUT2D eigenvalue weighted by Gasteiger charge is -2.17. The van der Waals surface area contributed by atoms with Crippen molar-refractivity contribution >= 4 is 0 Å². The fourth-order valence-electron chi connectivity index (χ4n) is 1.64. The molecule has 0 bridgehead atoms. The van der Waals surface area contributed by atoms with Gasteiger partial charge in [0.2, 0.25) is 0 Å². The molecule has 114 valence electrons. The van der Waals surface area contributed by atoms with Crippen LogP contribution in [0.2, 0.25) is 0 Å². The molecule has 0 fully saturated rings. The largest absolute Gasteiger partial charge is 0.424 e. The third kappa shape index (κ3) is 5.98. The molecule has 1 aromatic carbocycles. The number of hydrogen-bond acceptors (Lipinski definition) is 6. The molecule has 0 aliphatic rings. The van der Waals surface area contributed by atoms with Crippen molar-refractivity contribution in [3.8, 4) is 11.1 Å². The van der Waals surface area contributed by atoms with Crippen molar-refractivity contribution < 1.29 is 42.7 Å². The highest BCUT2D eigenvalue weighted by atomic mass is 35.7. The van der Waals surface area contributed by atoms with Crippen molar-refractivity contribution in [2.24, 2.45) is 0 Å². The fourth-order valence-corrected chi connectivity index (χ4v) is 1.64. The highest BCUT2D eigenvalue weighted by Gasteiger charge is 2.15. The van der Waals surface area contributed by atoms with Crippen molar-refractivity contribution in [1.29, 1.82) is 0 Å². The van der Waals surface area contributed by atoms with Gasteiger partial charge in [-0.15, -0.1) is 15.2 Å². The Kier molecular flexibility index (Phi) is 5.53. The average molecular weight is 320 g/mol. The first kappa shape index (κ1) is 17.2. The Bertz CT molecular complexity index is 659. The third-order valence-corrected chi connectivity index (χ3v) is 2.31. The molecule has 0 atom stereocenters. The smallest absolute Gasteiger partial charge is 0.412 e. The van der Waals surface area contributed by atoms with Crippen molar-refractivity contribution in [3.05, 3.63) is 52.1 Å². The van der Waals surface area contributed by atoms with E-state index in [1.807, 2.05) is 0 Å². The standard InChI is InChI=1S/C12H10FNO2.ClHO4/c1-7-11(12(15)14-8(2)16-7)9-3-5-10(13)6-4-9;2-1(3,4)5/h3-6H,1-2H3;(H,2,3,4,5). The molecule has 0 saturated heterocycles. The molecule has 0 amide bonds. The van der Waals surface area contributed by atoms with Crippen molar-refractivity contribution in [3.63, 3.8) is 0 Å². The molecule has 1 aromatic heterocycles. The Balaban J connectivity index is 0.000000383. The summed E-state index contributed by atoms with van der Waals surface area (Å²) >= 11 is 0. The molecule has 2 rings (SSSR count). The summed E-state index contributed by atoms with van der Waals surface area (Å²) in [6.07, 6.45) is 0. The molecule has 0 aliphatic heterocycles. The number of hydrogen-bond donors (Lipinski definition) is 0. The van der Waals surface area contributed by atoms with Crippen molar-refractivity contribution in [2.45, 2.75) is 13.8 Å². The van der Waals surface area contributed by atoms with E-state index in [2.05, 4.69) is 4.98 Å². The summed E-state index contributed by atoms with van der Waals surface area (Å²) in [5.74, 6) is 0.642. The lowest BCUT2D eigenvalue weighted by molar-refractivity contribution is -2.00. The second-order valence-corrected chi connectivity index (χ2v) is 4.68. The summed E-state index contributed by atoms with van der Waals surface area (Å²) in [5.41, 5.74) is 0.849. The number of H-pyrrole nitrogens is 1.